The molecule has 32 valence electrons. The van der Waals surface area contributed by atoms with Gasteiger partial charge in [0.2, 0.25) is 0 Å². The molecule has 0 saturated carbocycles. The molecule has 0 N–H and O–H groups in total. The summed E-state index contributed by atoms with van der Waals surface area (Å²) in [5, 5.41) is 0. The molecule has 0 aromatic heterocycles. The summed E-state index contributed by atoms with van der Waals surface area (Å²) in [6.07, 6.45) is -1.01. The van der Waals surface area contributed by atoms with Crippen LogP contribution in [0, 0.1) is 0 Å². The van der Waals surface area contributed by atoms with Gasteiger partial charge in [0.1, 0.15) is 12.8 Å². The average Bonchev–Trinajstić information content (AvgIpc) is 1.41. The Bertz CT molecular complexity index is 15.1. The molecule has 0 aliphatic heterocycles. The minimum atomic E-state index is -0.503. The van der Waals surface area contributed by atoms with Gasteiger partial charge in [-0.05, 0) is 0 Å². The molecule has 0 heterocycles. The number of rotatable bonds is 2. The molecule has 0 fully saturated rings. The molecular weight excluding hydrogens is 93.0 g/mol. The van der Waals surface area contributed by atoms with Crippen molar-refractivity contribution in [1.82, 2.24) is 0 Å². The van der Waals surface area contributed by atoms with Gasteiger partial charge in [-0.1, -0.05) is 8.58 Å². The Morgan fingerprint density at radius 2 is 1.60 bits per heavy atom. The van der Waals surface area contributed by atoms with E-state index in [-0.39, 0.29) is 8.58 Å². The third-order valence-electron chi connectivity index (χ3n) is 0.189. The summed E-state index contributed by atoms with van der Waals surface area (Å²) in [5.74, 6) is 0. The van der Waals surface area contributed by atoms with E-state index in [0.29, 0.717) is 0 Å². The first-order valence-electron chi connectivity index (χ1n) is 1.24. The van der Waals surface area contributed by atoms with E-state index in [2.05, 4.69) is 0 Å². The number of hydrogen-bond acceptors (Lipinski definition) is 0. The van der Waals surface area contributed by atoms with Gasteiger partial charge < -0.3 is 0 Å². The zero-order chi connectivity index (χ0) is 4.12. The van der Waals surface area contributed by atoms with Gasteiger partial charge in [-0.15, -0.1) is 0 Å². The Kier molecular flexibility index (Phi) is 4.54. The lowest BCUT2D eigenvalue weighted by molar-refractivity contribution is 0.572. The molecule has 0 spiro atoms. The Morgan fingerprint density at radius 1 is 1.20 bits per heavy atom. The lowest BCUT2D eigenvalue weighted by Crippen LogP contribution is -1.54. The summed E-state index contributed by atoms with van der Waals surface area (Å²) in [7, 11) is -0.136. The largest absolute Gasteiger partial charge is 0.246 e. The van der Waals surface area contributed by atoms with Crippen molar-refractivity contribution in [2.75, 3.05) is 12.8 Å². The first kappa shape index (κ1) is 5.29. The maximum Gasteiger partial charge on any atom is 0.108 e. The van der Waals surface area contributed by atoms with Crippen LogP contribution < -0.4 is 0 Å². The molecule has 5 heavy (non-hydrogen) atoms. The van der Waals surface area contributed by atoms with Crippen LogP contribution in [0.3, 0.4) is 0 Å². The summed E-state index contributed by atoms with van der Waals surface area (Å²) in [5.41, 5.74) is 0. The lowest BCUT2D eigenvalue weighted by Gasteiger charge is -1.74. The van der Waals surface area contributed by atoms with E-state index in [9.17, 15) is 8.78 Å². The average molecular weight is 98.0 g/mol. The minimum absolute atomic E-state index is 0.136. The van der Waals surface area contributed by atoms with Crippen LogP contribution in [0.4, 0.5) is 8.78 Å². The summed E-state index contributed by atoms with van der Waals surface area (Å²) in [4.78, 5) is 0. The van der Waals surface area contributed by atoms with Gasteiger partial charge in [0.05, 0.1) is 0 Å². The first-order chi connectivity index (χ1) is 2.41. The molecule has 3 heteroatoms. The van der Waals surface area contributed by atoms with Crippen molar-refractivity contribution < 1.29 is 8.78 Å². The summed E-state index contributed by atoms with van der Waals surface area (Å²) >= 11 is 0. The van der Waals surface area contributed by atoms with Gasteiger partial charge in [0.25, 0.3) is 0 Å². The van der Waals surface area contributed by atoms with Crippen LogP contribution in [0.25, 0.3) is 0 Å². The zero-order valence-electron chi connectivity index (χ0n) is 2.67. The molecule has 0 aliphatic carbocycles. The Balaban J connectivity index is 2.19. The Hall–Kier alpha value is 0.290. The van der Waals surface area contributed by atoms with Gasteiger partial charge in [-0.3, -0.25) is 0 Å². The van der Waals surface area contributed by atoms with Crippen LogP contribution in [-0.2, 0) is 0 Å². The quantitative estimate of drug-likeness (QED) is 0.459. The smallest absolute Gasteiger partial charge is 0.108 e. The van der Waals surface area contributed by atoms with E-state index >= 15 is 0 Å². The summed E-state index contributed by atoms with van der Waals surface area (Å²) in [6.45, 7) is 0. The monoisotopic (exact) mass is 98.0 g/mol. The van der Waals surface area contributed by atoms with Crippen LogP contribution in [0.2, 0.25) is 0 Å². The third kappa shape index (κ3) is 4.29. The van der Waals surface area contributed by atoms with Crippen LogP contribution in [-0.4, -0.2) is 12.8 Å². The maximum atomic E-state index is 10.8. The molecule has 0 amide bonds. The van der Waals surface area contributed by atoms with Gasteiger partial charge in [-0.2, -0.15) is 0 Å². The molecular formula is C2H5F2P. The van der Waals surface area contributed by atoms with E-state index < -0.39 is 12.8 Å². The number of alkyl halides is 2. The molecule has 0 aliphatic rings. The molecule has 0 unspecified atom stereocenters. The van der Waals surface area contributed by atoms with Crippen molar-refractivity contribution in [3.63, 3.8) is 0 Å². The fraction of sp³-hybridized carbons (Fsp3) is 1.00. The van der Waals surface area contributed by atoms with Crippen molar-refractivity contribution in [3.05, 3.63) is 0 Å². The van der Waals surface area contributed by atoms with E-state index in [4.69, 9.17) is 0 Å². The van der Waals surface area contributed by atoms with Crippen molar-refractivity contribution >= 4 is 8.58 Å². The predicted molar refractivity (Wildman–Crippen MR) is 20.3 cm³/mol. The number of hydrogen-bond donors (Lipinski definition) is 0. The molecule has 0 bridgehead atoms. The van der Waals surface area contributed by atoms with Gasteiger partial charge >= 0.3 is 0 Å². The summed E-state index contributed by atoms with van der Waals surface area (Å²) < 4.78 is 21.5. The minimum Gasteiger partial charge on any atom is -0.246 e. The highest BCUT2D eigenvalue weighted by atomic mass is 31.1. The first-order valence-corrected chi connectivity index (χ1v) is 2.66. The van der Waals surface area contributed by atoms with Crippen molar-refractivity contribution in [1.29, 1.82) is 0 Å². The van der Waals surface area contributed by atoms with Crippen LogP contribution in [0.15, 0.2) is 0 Å². The van der Waals surface area contributed by atoms with Gasteiger partial charge in [0.15, 0.2) is 0 Å². The fourth-order valence-corrected chi connectivity index (χ4v) is 0.107. The highest BCUT2D eigenvalue weighted by Gasteiger charge is 1.73. The summed E-state index contributed by atoms with van der Waals surface area (Å²) in [6, 6.07) is 0. The molecule has 0 radical (unpaired) electrons. The van der Waals surface area contributed by atoms with Crippen LogP contribution in [0.1, 0.15) is 0 Å². The molecule has 0 aromatic rings. The van der Waals surface area contributed by atoms with E-state index in [0.717, 1.165) is 0 Å². The molecule has 0 saturated heterocycles. The van der Waals surface area contributed by atoms with E-state index in [1.807, 2.05) is 0 Å². The Morgan fingerprint density at radius 3 is 1.60 bits per heavy atom. The standard InChI is InChI=1S/C2H5F2P/c3-1-5-2-4/h5H,1-2H2. The molecule has 0 rings (SSSR count). The normalized spacial score (nSPS) is 8.40. The van der Waals surface area contributed by atoms with Crippen molar-refractivity contribution in [2.45, 2.75) is 0 Å². The zero-order valence-corrected chi connectivity index (χ0v) is 3.67. The molecule has 0 atom stereocenters. The Labute approximate surface area is 31.4 Å². The van der Waals surface area contributed by atoms with Crippen molar-refractivity contribution in [2.24, 2.45) is 0 Å². The van der Waals surface area contributed by atoms with Crippen LogP contribution >= 0.6 is 8.58 Å². The lowest BCUT2D eigenvalue weighted by atomic mass is 11.8. The van der Waals surface area contributed by atoms with Crippen LogP contribution in [0.5, 0.6) is 0 Å². The highest BCUT2D eigenvalue weighted by molar-refractivity contribution is 7.37. The van der Waals surface area contributed by atoms with E-state index in [1.165, 1.54) is 0 Å². The highest BCUT2D eigenvalue weighted by Crippen LogP contribution is 2.07. The molecule has 0 nitrogen and oxygen atoms in total. The van der Waals surface area contributed by atoms with Crippen molar-refractivity contribution in [3.8, 4) is 0 Å². The second kappa shape index (κ2) is 4.29. The fourth-order valence-electron chi connectivity index (χ4n) is 0.0357. The second-order valence-electron chi connectivity index (χ2n) is 0.517. The SMILES string of the molecule is FCPCF. The molecule has 0 aromatic carbocycles. The predicted octanol–water partition coefficient (Wildman–Crippen LogP) is 1.52. The maximum absolute atomic E-state index is 10.8. The van der Waals surface area contributed by atoms with E-state index in [1.54, 1.807) is 0 Å². The second-order valence-corrected chi connectivity index (χ2v) is 1.55. The van der Waals surface area contributed by atoms with Gasteiger partial charge in [0, 0.05) is 0 Å². The van der Waals surface area contributed by atoms with Gasteiger partial charge in [-0.25, -0.2) is 8.78 Å². The number of halogens is 2. The third-order valence-corrected chi connectivity index (χ3v) is 0.567. The topological polar surface area (TPSA) is 0 Å².